The van der Waals surface area contributed by atoms with Crippen LogP contribution in [0, 0.1) is 0 Å². The number of hydrogen-bond donors (Lipinski definition) is 3. The summed E-state index contributed by atoms with van der Waals surface area (Å²) in [6.45, 7) is 0. The topological polar surface area (TPSA) is 91.8 Å². The minimum atomic E-state index is -0.406. The zero-order valence-electron chi connectivity index (χ0n) is 19.4. The predicted molar refractivity (Wildman–Crippen MR) is 143 cm³/mol. The maximum absolute atomic E-state index is 13.3. The lowest BCUT2D eigenvalue weighted by molar-refractivity contribution is -0.116. The molecule has 5 rings (SSSR count). The minimum absolute atomic E-state index is 0.0888. The van der Waals surface area contributed by atoms with Crippen LogP contribution in [0.25, 0.3) is 0 Å². The third kappa shape index (κ3) is 5.71. The average Bonchev–Trinajstić information content (AvgIpc) is 2.92. The van der Waals surface area contributed by atoms with E-state index in [1.807, 2.05) is 103 Å². The van der Waals surface area contributed by atoms with Crippen molar-refractivity contribution in [3.05, 3.63) is 133 Å². The molecular weight excluding hydrogens is 448 g/mol. The molecule has 0 aliphatic rings. The Bertz CT molecular complexity index is 1370. The van der Waals surface area contributed by atoms with Gasteiger partial charge in [0.15, 0.2) is 0 Å². The molecule has 0 saturated carbocycles. The molecule has 0 aliphatic carbocycles. The Kier molecular flexibility index (Phi) is 6.90. The summed E-state index contributed by atoms with van der Waals surface area (Å²) >= 11 is 0. The molecule has 0 spiro atoms. The predicted octanol–water partition coefficient (Wildman–Crippen LogP) is 6.13. The first kappa shape index (κ1) is 22.7. The molecule has 0 aliphatic heterocycles. The zero-order valence-corrected chi connectivity index (χ0v) is 19.4. The van der Waals surface area contributed by atoms with Gasteiger partial charge in [-0.1, -0.05) is 66.7 Å². The van der Waals surface area contributed by atoms with Crippen molar-refractivity contribution in [3.63, 3.8) is 0 Å². The molecule has 3 aromatic carbocycles. The molecule has 0 saturated heterocycles. The maximum Gasteiger partial charge on any atom is 0.236 e. The molecule has 7 heteroatoms. The van der Waals surface area contributed by atoms with Crippen LogP contribution in [0.5, 0.6) is 0 Å². The van der Waals surface area contributed by atoms with Crippen LogP contribution in [0.4, 0.5) is 28.8 Å². The van der Waals surface area contributed by atoms with Gasteiger partial charge < -0.3 is 16.0 Å². The SMILES string of the molecule is O=C(Nc1ccc(Nc2cc(Nc3ccccn3)ncn2)cc1)C(c1ccccc1)c1ccccc1. The number of amides is 1. The van der Waals surface area contributed by atoms with E-state index in [4.69, 9.17) is 0 Å². The van der Waals surface area contributed by atoms with E-state index < -0.39 is 5.92 Å². The van der Waals surface area contributed by atoms with E-state index in [0.717, 1.165) is 16.8 Å². The fourth-order valence-electron chi connectivity index (χ4n) is 3.85. The molecule has 7 nitrogen and oxygen atoms in total. The smallest absolute Gasteiger partial charge is 0.236 e. The van der Waals surface area contributed by atoms with Gasteiger partial charge in [-0.3, -0.25) is 4.79 Å². The molecule has 176 valence electrons. The van der Waals surface area contributed by atoms with Crippen LogP contribution in [0.2, 0.25) is 0 Å². The van der Waals surface area contributed by atoms with Crippen molar-refractivity contribution in [2.75, 3.05) is 16.0 Å². The van der Waals surface area contributed by atoms with E-state index in [2.05, 4.69) is 30.9 Å². The summed E-state index contributed by atoms with van der Waals surface area (Å²) in [4.78, 5) is 26.1. The second-order valence-electron chi connectivity index (χ2n) is 8.07. The fraction of sp³-hybridized carbons (Fsp3) is 0.0345. The van der Waals surface area contributed by atoms with Crippen LogP contribution < -0.4 is 16.0 Å². The summed E-state index contributed by atoms with van der Waals surface area (Å²) in [5, 5.41) is 9.47. The third-order valence-corrected chi connectivity index (χ3v) is 5.54. The fourth-order valence-corrected chi connectivity index (χ4v) is 3.85. The van der Waals surface area contributed by atoms with Gasteiger partial charge in [0.2, 0.25) is 5.91 Å². The zero-order chi connectivity index (χ0) is 24.6. The lowest BCUT2D eigenvalue weighted by Gasteiger charge is -2.18. The summed E-state index contributed by atoms with van der Waals surface area (Å²) in [6, 6.07) is 34.5. The molecule has 3 N–H and O–H groups in total. The number of rotatable bonds is 8. The molecule has 2 heterocycles. The number of nitrogens with zero attached hydrogens (tertiary/aromatic N) is 3. The highest BCUT2D eigenvalue weighted by Gasteiger charge is 2.22. The Labute approximate surface area is 209 Å². The van der Waals surface area contributed by atoms with Gasteiger partial charge in [0.25, 0.3) is 0 Å². The monoisotopic (exact) mass is 472 g/mol. The summed E-state index contributed by atoms with van der Waals surface area (Å²) in [7, 11) is 0. The second-order valence-corrected chi connectivity index (χ2v) is 8.07. The first-order valence-corrected chi connectivity index (χ1v) is 11.5. The van der Waals surface area contributed by atoms with Crippen LogP contribution >= 0.6 is 0 Å². The van der Waals surface area contributed by atoms with E-state index in [1.54, 1.807) is 12.3 Å². The molecule has 2 aromatic heterocycles. The van der Waals surface area contributed by atoms with Crippen molar-refractivity contribution in [3.8, 4) is 0 Å². The summed E-state index contributed by atoms with van der Waals surface area (Å²) in [6.07, 6.45) is 3.19. The number of aromatic nitrogens is 3. The van der Waals surface area contributed by atoms with Crippen LogP contribution in [0.1, 0.15) is 17.0 Å². The molecule has 5 aromatic rings. The molecule has 0 bridgehead atoms. The molecule has 0 unspecified atom stereocenters. The van der Waals surface area contributed by atoms with Crippen molar-refractivity contribution in [1.29, 1.82) is 0 Å². The van der Waals surface area contributed by atoms with E-state index in [-0.39, 0.29) is 5.91 Å². The Balaban J connectivity index is 1.27. The Morgan fingerprint density at radius 2 is 1.17 bits per heavy atom. The first-order chi connectivity index (χ1) is 17.7. The summed E-state index contributed by atoms with van der Waals surface area (Å²) in [5.41, 5.74) is 3.43. The van der Waals surface area contributed by atoms with Gasteiger partial charge >= 0.3 is 0 Å². The lowest BCUT2D eigenvalue weighted by Crippen LogP contribution is -2.22. The largest absolute Gasteiger partial charge is 0.340 e. The number of benzene rings is 3. The quantitative estimate of drug-likeness (QED) is 0.252. The Hall–Kier alpha value is -5.04. The Morgan fingerprint density at radius 3 is 1.78 bits per heavy atom. The van der Waals surface area contributed by atoms with Crippen LogP contribution in [0.15, 0.2) is 122 Å². The van der Waals surface area contributed by atoms with Crippen molar-refractivity contribution >= 4 is 34.7 Å². The van der Waals surface area contributed by atoms with Gasteiger partial charge in [0.1, 0.15) is 23.8 Å². The highest BCUT2D eigenvalue weighted by molar-refractivity contribution is 5.98. The number of hydrogen-bond acceptors (Lipinski definition) is 6. The van der Waals surface area contributed by atoms with E-state index in [1.165, 1.54) is 6.33 Å². The highest BCUT2D eigenvalue weighted by Crippen LogP contribution is 2.27. The number of pyridine rings is 1. The van der Waals surface area contributed by atoms with Crippen LogP contribution in [0.3, 0.4) is 0 Å². The van der Waals surface area contributed by atoms with Crippen molar-refractivity contribution in [2.45, 2.75) is 5.92 Å². The first-order valence-electron chi connectivity index (χ1n) is 11.5. The molecule has 0 fully saturated rings. The van der Waals surface area contributed by atoms with Crippen molar-refractivity contribution in [2.24, 2.45) is 0 Å². The van der Waals surface area contributed by atoms with E-state index in [0.29, 0.717) is 23.1 Å². The van der Waals surface area contributed by atoms with Gasteiger partial charge in [-0.15, -0.1) is 0 Å². The van der Waals surface area contributed by atoms with Gasteiger partial charge in [-0.05, 0) is 47.5 Å². The minimum Gasteiger partial charge on any atom is -0.340 e. The average molecular weight is 473 g/mol. The second kappa shape index (κ2) is 10.9. The standard InChI is InChI=1S/C29H24N6O/c36-29(28(21-9-3-1-4-10-21)22-11-5-2-6-12-22)34-24-16-14-23(15-17-24)33-26-19-27(32-20-31-26)35-25-13-7-8-18-30-25/h1-20,28H,(H,34,36)(H2,30,31,32,33,35). The highest BCUT2D eigenvalue weighted by atomic mass is 16.1. The number of carbonyl (C=O) groups is 1. The molecule has 0 atom stereocenters. The van der Waals surface area contributed by atoms with Gasteiger partial charge in [-0.2, -0.15) is 0 Å². The molecule has 0 radical (unpaired) electrons. The van der Waals surface area contributed by atoms with Crippen molar-refractivity contribution < 1.29 is 4.79 Å². The maximum atomic E-state index is 13.3. The number of nitrogens with one attached hydrogen (secondary N) is 3. The number of carbonyl (C=O) groups excluding carboxylic acids is 1. The van der Waals surface area contributed by atoms with Gasteiger partial charge in [-0.25, -0.2) is 15.0 Å². The molecular formula is C29H24N6O. The lowest BCUT2D eigenvalue weighted by atomic mass is 9.90. The van der Waals surface area contributed by atoms with E-state index in [9.17, 15) is 4.79 Å². The van der Waals surface area contributed by atoms with Gasteiger partial charge in [0.05, 0.1) is 5.92 Å². The summed E-state index contributed by atoms with van der Waals surface area (Å²) in [5.74, 6) is 1.47. The Morgan fingerprint density at radius 1 is 0.583 bits per heavy atom. The normalized spacial score (nSPS) is 10.6. The summed E-state index contributed by atoms with van der Waals surface area (Å²) < 4.78 is 0. The van der Waals surface area contributed by atoms with Crippen LogP contribution in [-0.2, 0) is 4.79 Å². The molecule has 1 amide bonds. The third-order valence-electron chi connectivity index (χ3n) is 5.54. The molecule has 36 heavy (non-hydrogen) atoms. The van der Waals surface area contributed by atoms with E-state index >= 15 is 0 Å². The van der Waals surface area contributed by atoms with Gasteiger partial charge in [0, 0.05) is 23.6 Å². The number of anilines is 5. The van der Waals surface area contributed by atoms with Crippen LogP contribution in [-0.4, -0.2) is 20.9 Å². The van der Waals surface area contributed by atoms with Crippen molar-refractivity contribution in [1.82, 2.24) is 15.0 Å².